The zero-order chi connectivity index (χ0) is 20.4. The van der Waals surface area contributed by atoms with Crippen molar-refractivity contribution in [2.24, 2.45) is 0 Å². The first-order valence-corrected chi connectivity index (χ1v) is 9.30. The summed E-state index contributed by atoms with van der Waals surface area (Å²) >= 11 is 0. The van der Waals surface area contributed by atoms with E-state index in [2.05, 4.69) is 9.97 Å². The molecule has 1 aliphatic carbocycles. The van der Waals surface area contributed by atoms with Crippen molar-refractivity contribution in [3.05, 3.63) is 60.4 Å². The molecule has 5 rings (SSSR count). The van der Waals surface area contributed by atoms with Gasteiger partial charge in [0.25, 0.3) is 0 Å². The normalized spacial score (nSPS) is 14.9. The Bertz CT molecular complexity index is 1020. The minimum Gasteiger partial charge on any atom is -0.492 e. The molecule has 0 unspecified atom stereocenters. The number of nitrogens with two attached hydrogens (primary N) is 1. The average molecular weight is 390 g/mol. The number of ether oxygens (including phenoxy) is 2. The summed E-state index contributed by atoms with van der Waals surface area (Å²) in [6.45, 7) is 2.76. The van der Waals surface area contributed by atoms with E-state index in [-0.39, 0.29) is 5.41 Å². The van der Waals surface area contributed by atoms with Crippen molar-refractivity contribution >= 4 is 24.0 Å². The summed E-state index contributed by atoms with van der Waals surface area (Å²) in [6.07, 6.45) is 5.79. The van der Waals surface area contributed by atoms with Gasteiger partial charge in [-0.3, -0.25) is 0 Å². The van der Waals surface area contributed by atoms with Crippen LogP contribution in [-0.4, -0.2) is 30.4 Å². The number of hydrogen-bond donors (Lipinski definition) is 1. The van der Waals surface area contributed by atoms with Crippen molar-refractivity contribution in [3.63, 3.8) is 0 Å². The predicted molar refractivity (Wildman–Crippen MR) is 111 cm³/mol. The number of hydrogen-bond acceptors (Lipinski definition) is 7. The van der Waals surface area contributed by atoms with Crippen LogP contribution < -0.4 is 20.1 Å². The van der Waals surface area contributed by atoms with Gasteiger partial charge in [0, 0.05) is 30.3 Å². The fraction of sp³-hybridized carbons (Fsp3) is 0.227. The topological polar surface area (TPSA) is 90.6 Å². The van der Waals surface area contributed by atoms with Gasteiger partial charge in [-0.1, -0.05) is 6.07 Å². The molecule has 0 bridgehead atoms. The average Bonchev–Trinajstić information content (AvgIpc) is 3.45. The van der Waals surface area contributed by atoms with E-state index >= 15 is 0 Å². The number of nitrogen functional groups attached to an aromatic ring is 1. The summed E-state index contributed by atoms with van der Waals surface area (Å²) in [7, 11) is 1.91. The lowest BCUT2D eigenvalue weighted by Crippen LogP contribution is -2.13. The molecular formula is C22H22N4O3. The number of fused-ring (bicyclic) bond motifs is 2. The standard InChI is InChI=1S/C21H20N4O2.CH2O/c1-25(20-15(22)4-3-11-23-20)14-7-8-18(24-12-14)27-17-6-2-5-16-19(17)21(9-10-21)13-26-16;1-2/h2-8,11-12H,9-10,13,22H2,1H3;1H2. The summed E-state index contributed by atoms with van der Waals surface area (Å²) in [5.74, 6) is 3.02. The minimum atomic E-state index is 0.155. The largest absolute Gasteiger partial charge is 0.492 e. The summed E-state index contributed by atoms with van der Waals surface area (Å²) in [4.78, 5) is 18.7. The van der Waals surface area contributed by atoms with E-state index in [1.807, 2.05) is 61.2 Å². The van der Waals surface area contributed by atoms with Gasteiger partial charge in [0.15, 0.2) is 5.82 Å². The Hall–Kier alpha value is -3.61. The van der Waals surface area contributed by atoms with Crippen LogP contribution in [0, 0.1) is 0 Å². The molecular weight excluding hydrogens is 368 g/mol. The highest BCUT2D eigenvalue weighted by Crippen LogP contribution is 2.58. The van der Waals surface area contributed by atoms with Crippen LogP contribution in [0.15, 0.2) is 54.9 Å². The van der Waals surface area contributed by atoms with Crippen molar-refractivity contribution in [2.45, 2.75) is 18.3 Å². The van der Waals surface area contributed by atoms with Gasteiger partial charge in [-0.2, -0.15) is 0 Å². The molecule has 3 heterocycles. The second kappa shape index (κ2) is 7.43. The number of rotatable bonds is 4. The smallest absolute Gasteiger partial charge is 0.219 e. The second-order valence-corrected chi connectivity index (χ2v) is 7.13. The zero-order valence-electron chi connectivity index (χ0n) is 16.2. The third-order valence-corrected chi connectivity index (χ3v) is 5.33. The molecule has 7 heteroatoms. The Morgan fingerprint density at radius 3 is 2.66 bits per heavy atom. The Labute approximate surface area is 169 Å². The third kappa shape index (κ3) is 3.35. The lowest BCUT2D eigenvalue weighted by Gasteiger charge is -2.19. The first-order valence-electron chi connectivity index (χ1n) is 9.30. The van der Waals surface area contributed by atoms with Gasteiger partial charge in [0.1, 0.15) is 18.3 Å². The summed E-state index contributed by atoms with van der Waals surface area (Å²) in [6, 6.07) is 13.4. The Kier molecular flexibility index (Phi) is 4.80. The van der Waals surface area contributed by atoms with Crippen LogP contribution in [0.3, 0.4) is 0 Å². The van der Waals surface area contributed by atoms with Gasteiger partial charge in [-0.15, -0.1) is 0 Å². The zero-order valence-corrected chi connectivity index (χ0v) is 16.2. The maximum absolute atomic E-state index is 8.00. The van der Waals surface area contributed by atoms with Crippen LogP contribution >= 0.6 is 0 Å². The molecule has 0 radical (unpaired) electrons. The van der Waals surface area contributed by atoms with Gasteiger partial charge in [0.2, 0.25) is 5.88 Å². The summed E-state index contributed by atoms with van der Waals surface area (Å²) in [5, 5.41) is 0. The Morgan fingerprint density at radius 2 is 1.97 bits per heavy atom. The quantitative estimate of drug-likeness (QED) is 0.723. The number of nitrogens with zero attached hydrogens (tertiary/aromatic N) is 3. The van der Waals surface area contributed by atoms with E-state index in [4.69, 9.17) is 20.0 Å². The fourth-order valence-corrected chi connectivity index (χ4v) is 3.63. The monoisotopic (exact) mass is 390 g/mol. The van der Waals surface area contributed by atoms with Crippen LogP contribution in [0.5, 0.6) is 17.4 Å². The molecule has 1 fully saturated rings. The Morgan fingerprint density at radius 1 is 1.14 bits per heavy atom. The lowest BCUT2D eigenvalue weighted by molar-refractivity contribution is -0.0979. The highest BCUT2D eigenvalue weighted by atomic mass is 16.5. The van der Waals surface area contributed by atoms with Gasteiger partial charge in [-0.25, -0.2) is 9.97 Å². The van der Waals surface area contributed by atoms with E-state index < -0.39 is 0 Å². The van der Waals surface area contributed by atoms with E-state index in [9.17, 15) is 0 Å². The number of pyridine rings is 2. The first kappa shape index (κ1) is 18.7. The molecule has 1 saturated carbocycles. The number of benzene rings is 1. The molecule has 2 aromatic heterocycles. The van der Waals surface area contributed by atoms with Gasteiger partial charge in [0.05, 0.1) is 24.2 Å². The summed E-state index contributed by atoms with van der Waals surface area (Å²) in [5.41, 5.74) is 8.86. The molecule has 2 aliphatic rings. The van der Waals surface area contributed by atoms with Crippen LogP contribution in [-0.2, 0) is 10.2 Å². The second-order valence-electron chi connectivity index (χ2n) is 7.13. The van der Waals surface area contributed by atoms with E-state index in [0.717, 1.165) is 36.6 Å². The van der Waals surface area contributed by atoms with Gasteiger partial charge in [-0.05, 0) is 43.2 Å². The highest BCUT2D eigenvalue weighted by molar-refractivity contribution is 5.70. The number of aromatic nitrogens is 2. The van der Waals surface area contributed by atoms with E-state index in [1.54, 1.807) is 12.4 Å². The highest BCUT2D eigenvalue weighted by Gasteiger charge is 2.52. The molecule has 0 amide bonds. The molecule has 0 atom stereocenters. The van der Waals surface area contributed by atoms with Crippen LogP contribution in [0.2, 0.25) is 0 Å². The summed E-state index contributed by atoms with van der Waals surface area (Å²) < 4.78 is 12.0. The van der Waals surface area contributed by atoms with Crippen molar-refractivity contribution in [2.75, 3.05) is 24.3 Å². The van der Waals surface area contributed by atoms with Crippen molar-refractivity contribution in [3.8, 4) is 17.4 Å². The molecule has 3 aromatic rings. The molecule has 1 spiro atoms. The predicted octanol–water partition coefficient (Wildman–Crippen LogP) is 3.86. The fourth-order valence-electron chi connectivity index (χ4n) is 3.63. The van der Waals surface area contributed by atoms with Crippen molar-refractivity contribution in [1.29, 1.82) is 0 Å². The molecule has 148 valence electrons. The number of carbonyl (C=O) groups is 1. The molecule has 29 heavy (non-hydrogen) atoms. The van der Waals surface area contributed by atoms with Gasteiger partial charge >= 0.3 is 0 Å². The molecule has 7 nitrogen and oxygen atoms in total. The molecule has 0 saturated heterocycles. The maximum atomic E-state index is 8.00. The van der Waals surface area contributed by atoms with Crippen molar-refractivity contribution < 1.29 is 14.3 Å². The molecule has 1 aromatic carbocycles. The maximum Gasteiger partial charge on any atom is 0.219 e. The SMILES string of the molecule is C=O.CN(c1ccc(Oc2cccc3c2C2(CC2)CO3)nc1)c1ncccc1N. The van der Waals surface area contributed by atoms with E-state index in [1.165, 1.54) is 5.56 Å². The van der Waals surface area contributed by atoms with Gasteiger partial charge < -0.3 is 24.9 Å². The molecule has 2 N–H and O–H groups in total. The van der Waals surface area contributed by atoms with E-state index in [0.29, 0.717) is 17.4 Å². The third-order valence-electron chi connectivity index (χ3n) is 5.33. The minimum absolute atomic E-state index is 0.155. The Balaban J connectivity index is 0.000000994. The number of carbonyl (C=O) groups excluding carboxylic acids is 1. The molecule has 1 aliphatic heterocycles. The van der Waals surface area contributed by atoms with Crippen LogP contribution in [0.4, 0.5) is 17.2 Å². The van der Waals surface area contributed by atoms with Crippen LogP contribution in [0.1, 0.15) is 18.4 Å². The number of anilines is 3. The first-order chi connectivity index (χ1) is 14.2. The van der Waals surface area contributed by atoms with Crippen molar-refractivity contribution in [1.82, 2.24) is 9.97 Å². The lowest BCUT2D eigenvalue weighted by atomic mass is 9.97. The van der Waals surface area contributed by atoms with Crippen LogP contribution in [0.25, 0.3) is 0 Å².